The normalized spacial score (nSPS) is 27.5. The molecule has 2 rings (SSSR count). The van der Waals surface area contributed by atoms with Crippen molar-refractivity contribution in [1.82, 2.24) is 4.90 Å². The second-order valence-corrected chi connectivity index (χ2v) is 5.86. The molecule has 0 heterocycles. The van der Waals surface area contributed by atoms with Gasteiger partial charge in [0.25, 0.3) is 0 Å². The summed E-state index contributed by atoms with van der Waals surface area (Å²) in [4.78, 5) is 2.17. The van der Waals surface area contributed by atoms with Crippen molar-refractivity contribution in [2.24, 2.45) is 5.92 Å². The molecule has 2 unspecified atom stereocenters. The molecule has 1 fully saturated rings. The fraction of sp³-hybridized carbons (Fsp3) is 0.625. The quantitative estimate of drug-likeness (QED) is 0.905. The van der Waals surface area contributed by atoms with E-state index in [4.69, 9.17) is 4.74 Å². The van der Waals surface area contributed by atoms with Gasteiger partial charge >= 0.3 is 0 Å². The van der Waals surface area contributed by atoms with Gasteiger partial charge in [-0.25, -0.2) is 0 Å². The lowest BCUT2D eigenvalue weighted by Crippen LogP contribution is -2.43. The Hall–Kier alpha value is -1.06. The molecule has 1 aliphatic rings. The molecule has 106 valence electrons. The molecule has 0 radical (unpaired) electrons. The van der Waals surface area contributed by atoms with Gasteiger partial charge in [0.05, 0.1) is 12.7 Å². The average Bonchev–Trinajstić information content (AvgIpc) is 2.41. The largest absolute Gasteiger partial charge is 0.497 e. The lowest BCUT2D eigenvalue weighted by Gasteiger charge is -2.41. The average molecular weight is 262 g/mol. The topological polar surface area (TPSA) is 32.7 Å². The highest BCUT2D eigenvalue weighted by atomic mass is 16.5. The van der Waals surface area contributed by atoms with Crippen molar-refractivity contribution in [2.45, 2.75) is 31.3 Å². The third-order valence-electron chi connectivity index (χ3n) is 4.19. The first-order chi connectivity index (χ1) is 9.06. The third-order valence-corrected chi connectivity index (χ3v) is 4.19. The van der Waals surface area contributed by atoms with Gasteiger partial charge in [-0.2, -0.15) is 0 Å². The van der Waals surface area contributed by atoms with Gasteiger partial charge in [0.1, 0.15) is 5.75 Å². The van der Waals surface area contributed by atoms with E-state index < -0.39 is 5.60 Å². The van der Waals surface area contributed by atoms with Gasteiger partial charge in [0.15, 0.2) is 0 Å². The van der Waals surface area contributed by atoms with E-state index in [2.05, 4.69) is 19.0 Å². The lowest BCUT2D eigenvalue weighted by molar-refractivity contribution is -0.0619. The Bertz CT molecular complexity index is 419. The molecule has 2 atom stereocenters. The summed E-state index contributed by atoms with van der Waals surface area (Å²) in [6, 6.07) is 7.90. The van der Waals surface area contributed by atoms with Crippen LogP contribution in [0.15, 0.2) is 24.3 Å². The maximum atomic E-state index is 11.2. The van der Waals surface area contributed by atoms with Crippen LogP contribution >= 0.6 is 0 Å². The predicted molar refractivity (Wildman–Crippen MR) is 77.4 cm³/mol. The highest BCUT2D eigenvalue weighted by Crippen LogP contribution is 2.42. The first-order valence-electron chi connectivity index (χ1n) is 7.08. The van der Waals surface area contributed by atoms with Crippen molar-refractivity contribution in [1.29, 1.82) is 0 Å². The van der Waals surface area contributed by atoms with Crippen LogP contribution in [0.2, 0.25) is 0 Å². The molecule has 1 aromatic rings. The van der Waals surface area contributed by atoms with Gasteiger partial charge < -0.3 is 14.7 Å². The number of hydrogen-bond donors (Lipinski definition) is 1. The van der Waals surface area contributed by atoms with Crippen LogP contribution in [0.1, 0.15) is 31.2 Å². The number of ether oxygens (including phenoxy) is 1. The molecular weight excluding hydrogens is 237 g/mol. The Balaban J connectivity index is 2.30. The monoisotopic (exact) mass is 262 g/mol. The van der Waals surface area contributed by atoms with Gasteiger partial charge in [0, 0.05) is 12.5 Å². The zero-order chi connectivity index (χ0) is 13.9. The standard InChI is InChI=1S/C16H25NO2/c1-17(2)12-14-7-4-5-10-16(14,18)13-8-6-9-15(11-13)19-3/h6,8-9,11,14,18H,4-5,7,10,12H2,1-3H3/i1-1. The first kappa shape index (κ1) is 14.4. The van der Waals surface area contributed by atoms with Gasteiger partial charge in [-0.3, -0.25) is 0 Å². The van der Waals surface area contributed by atoms with Crippen LogP contribution in [-0.2, 0) is 5.60 Å². The number of nitrogens with zero attached hydrogens (tertiary/aromatic N) is 1. The molecule has 1 aliphatic carbocycles. The fourth-order valence-corrected chi connectivity index (χ4v) is 3.18. The van der Waals surface area contributed by atoms with Gasteiger partial charge in [-0.05, 0) is 44.6 Å². The second-order valence-electron chi connectivity index (χ2n) is 5.86. The molecule has 0 aliphatic heterocycles. The van der Waals surface area contributed by atoms with Gasteiger partial charge in [0.2, 0.25) is 0 Å². The van der Waals surface area contributed by atoms with Gasteiger partial charge in [-0.15, -0.1) is 0 Å². The SMILES string of the molecule is COc1cccc(C2(O)CCCCC2CN(C)[11CH3])c1. The van der Waals surface area contributed by atoms with Crippen molar-refractivity contribution >= 4 is 0 Å². The Labute approximate surface area is 116 Å². The summed E-state index contributed by atoms with van der Waals surface area (Å²) in [6.45, 7) is 0.924. The maximum Gasteiger partial charge on any atom is 0.119 e. The predicted octanol–water partition coefficient (Wildman–Crippen LogP) is 2.63. The summed E-state index contributed by atoms with van der Waals surface area (Å²) < 4.78 is 5.29. The van der Waals surface area contributed by atoms with E-state index in [0.29, 0.717) is 5.92 Å². The van der Waals surface area contributed by atoms with Crippen molar-refractivity contribution < 1.29 is 9.84 Å². The molecule has 0 spiro atoms. The molecule has 3 heteroatoms. The Morgan fingerprint density at radius 3 is 2.84 bits per heavy atom. The number of hydrogen-bond acceptors (Lipinski definition) is 3. The summed E-state index contributed by atoms with van der Waals surface area (Å²) in [5.41, 5.74) is 0.287. The first-order valence-corrected chi connectivity index (χ1v) is 7.08. The van der Waals surface area contributed by atoms with Crippen molar-refractivity contribution in [3.8, 4) is 5.75 Å². The summed E-state index contributed by atoms with van der Waals surface area (Å²) in [5.74, 6) is 1.11. The summed E-state index contributed by atoms with van der Waals surface area (Å²) >= 11 is 0. The van der Waals surface area contributed by atoms with E-state index in [9.17, 15) is 5.11 Å². The molecule has 1 saturated carbocycles. The minimum Gasteiger partial charge on any atom is -0.497 e. The highest BCUT2D eigenvalue weighted by molar-refractivity contribution is 5.33. The van der Waals surface area contributed by atoms with E-state index in [1.54, 1.807) is 7.11 Å². The highest BCUT2D eigenvalue weighted by Gasteiger charge is 2.40. The zero-order valence-corrected chi connectivity index (χ0v) is 12.2. The lowest BCUT2D eigenvalue weighted by atomic mass is 9.71. The smallest absolute Gasteiger partial charge is 0.119 e. The minimum atomic E-state index is -0.711. The van der Waals surface area contributed by atoms with Crippen LogP contribution in [0, 0.1) is 5.92 Å². The van der Waals surface area contributed by atoms with Crippen molar-refractivity contribution in [2.75, 3.05) is 27.7 Å². The van der Waals surface area contributed by atoms with Crippen LogP contribution in [0.5, 0.6) is 5.75 Å². The van der Waals surface area contributed by atoms with E-state index >= 15 is 0 Å². The summed E-state index contributed by atoms with van der Waals surface area (Å²) in [7, 11) is 5.81. The minimum absolute atomic E-state index is 0.295. The Morgan fingerprint density at radius 2 is 2.16 bits per heavy atom. The molecule has 0 saturated heterocycles. The van der Waals surface area contributed by atoms with Crippen molar-refractivity contribution in [3.05, 3.63) is 29.8 Å². The molecule has 3 nitrogen and oxygen atoms in total. The number of aliphatic hydroxyl groups is 1. The zero-order valence-electron chi connectivity index (χ0n) is 12.2. The summed E-state index contributed by atoms with van der Waals surface area (Å²) in [5, 5.41) is 11.2. The van der Waals surface area contributed by atoms with Crippen LogP contribution < -0.4 is 4.74 Å². The van der Waals surface area contributed by atoms with E-state index in [1.165, 1.54) is 6.42 Å². The molecule has 1 N–H and O–H groups in total. The van der Waals surface area contributed by atoms with Crippen LogP contribution in [0.4, 0.5) is 0 Å². The second kappa shape index (κ2) is 5.93. The fourth-order valence-electron chi connectivity index (χ4n) is 3.18. The summed E-state index contributed by atoms with van der Waals surface area (Å²) in [6.07, 6.45) is 4.24. The molecule has 0 amide bonds. The number of methoxy groups -OCH3 is 1. The molecule has 19 heavy (non-hydrogen) atoms. The number of benzene rings is 1. The van der Waals surface area contributed by atoms with E-state index in [-0.39, 0.29) is 0 Å². The maximum absolute atomic E-state index is 11.2. The van der Waals surface area contributed by atoms with Crippen LogP contribution in [0.25, 0.3) is 0 Å². The van der Waals surface area contributed by atoms with E-state index in [1.807, 2.05) is 24.3 Å². The van der Waals surface area contributed by atoms with Crippen LogP contribution in [-0.4, -0.2) is 37.8 Å². The van der Waals surface area contributed by atoms with Gasteiger partial charge in [-0.1, -0.05) is 25.0 Å². The van der Waals surface area contributed by atoms with Crippen LogP contribution in [0.3, 0.4) is 0 Å². The molecule has 1 aromatic carbocycles. The Kier molecular flexibility index (Phi) is 4.48. The van der Waals surface area contributed by atoms with Crippen molar-refractivity contribution in [3.63, 3.8) is 0 Å². The third kappa shape index (κ3) is 3.10. The Morgan fingerprint density at radius 1 is 1.37 bits per heavy atom. The van der Waals surface area contributed by atoms with E-state index in [0.717, 1.165) is 37.1 Å². The molecular formula is C16H25NO2. The number of rotatable bonds is 4. The molecule has 0 aromatic heterocycles. The molecule has 0 bridgehead atoms.